The zero-order valence-electron chi connectivity index (χ0n) is 14.1. The molecule has 3 rings (SSSR count). The molecule has 3 heterocycles. The van der Waals surface area contributed by atoms with Crippen molar-refractivity contribution in [3.05, 3.63) is 20.8 Å². The molecule has 24 heavy (non-hydrogen) atoms. The first-order chi connectivity index (χ1) is 11.6. The highest BCUT2D eigenvalue weighted by Gasteiger charge is 2.14. The van der Waals surface area contributed by atoms with Gasteiger partial charge in [-0.3, -0.25) is 13.9 Å². The van der Waals surface area contributed by atoms with E-state index in [0.29, 0.717) is 6.61 Å². The topological polar surface area (TPSA) is 95.1 Å². The minimum Gasteiger partial charge on any atom is -0.462 e. The predicted octanol–water partition coefficient (Wildman–Crippen LogP) is -0.323. The van der Waals surface area contributed by atoms with Crippen molar-refractivity contribution in [3.8, 4) is 6.01 Å². The van der Waals surface area contributed by atoms with E-state index in [1.165, 1.54) is 37.9 Å². The van der Waals surface area contributed by atoms with E-state index in [1.807, 2.05) is 0 Å². The average molecular weight is 334 g/mol. The van der Waals surface area contributed by atoms with Crippen LogP contribution < -0.4 is 16.0 Å². The zero-order chi connectivity index (χ0) is 17.1. The van der Waals surface area contributed by atoms with Crippen LogP contribution in [0.5, 0.6) is 6.01 Å². The zero-order valence-corrected chi connectivity index (χ0v) is 14.1. The third kappa shape index (κ3) is 3.30. The first-order valence-electron chi connectivity index (χ1n) is 8.23. The highest BCUT2D eigenvalue weighted by atomic mass is 16.5. The molecule has 0 aliphatic carbocycles. The summed E-state index contributed by atoms with van der Waals surface area (Å²) in [5.74, 6) is 0. The van der Waals surface area contributed by atoms with E-state index in [9.17, 15) is 9.59 Å². The van der Waals surface area contributed by atoms with Crippen LogP contribution in [0, 0.1) is 0 Å². The lowest BCUT2D eigenvalue weighted by molar-refractivity contribution is 0.200. The highest BCUT2D eigenvalue weighted by Crippen LogP contribution is 2.09. The molecule has 1 aliphatic heterocycles. The Morgan fingerprint density at radius 2 is 1.79 bits per heavy atom. The lowest BCUT2D eigenvalue weighted by atomic mass is 10.1. The average Bonchev–Trinajstić information content (AvgIpc) is 2.62. The largest absolute Gasteiger partial charge is 0.462 e. The van der Waals surface area contributed by atoms with Gasteiger partial charge in [0.1, 0.15) is 0 Å². The number of aromatic nitrogens is 5. The van der Waals surface area contributed by atoms with E-state index >= 15 is 0 Å². The van der Waals surface area contributed by atoms with Gasteiger partial charge in [-0.1, -0.05) is 11.5 Å². The molecule has 0 spiro atoms. The van der Waals surface area contributed by atoms with Gasteiger partial charge in [-0.05, 0) is 32.4 Å². The number of likely N-dealkylation sites (tertiary alicyclic amines) is 1. The number of piperidine rings is 1. The molecule has 1 aliphatic rings. The number of hydrogen-bond acceptors (Lipinski definition) is 7. The minimum absolute atomic E-state index is 0.0666. The molecule has 0 saturated carbocycles. The van der Waals surface area contributed by atoms with Crippen molar-refractivity contribution in [2.45, 2.75) is 25.7 Å². The van der Waals surface area contributed by atoms with Crippen LogP contribution in [0.3, 0.4) is 0 Å². The van der Waals surface area contributed by atoms with E-state index in [0.717, 1.165) is 30.6 Å². The quantitative estimate of drug-likeness (QED) is 0.691. The fraction of sp³-hybridized carbons (Fsp3) is 0.667. The number of aryl methyl sites for hydroxylation is 1. The summed E-state index contributed by atoms with van der Waals surface area (Å²) in [5, 5.41) is 7.77. The summed E-state index contributed by atoms with van der Waals surface area (Å²) in [6.07, 6.45) is 4.72. The Hall–Kier alpha value is -2.29. The van der Waals surface area contributed by atoms with Crippen molar-refractivity contribution in [1.82, 2.24) is 29.2 Å². The van der Waals surface area contributed by atoms with Crippen LogP contribution in [0.4, 0.5) is 0 Å². The number of rotatable bonds is 5. The third-order valence-electron chi connectivity index (χ3n) is 4.35. The Kier molecular flexibility index (Phi) is 4.89. The van der Waals surface area contributed by atoms with Crippen LogP contribution in [0.15, 0.2) is 9.59 Å². The predicted molar refractivity (Wildman–Crippen MR) is 88.2 cm³/mol. The van der Waals surface area contributed by atoms with Gasteiger partial charge in [-0.25, -0.2) is 4.79 Å². The molecule has 2 aromatic rings. The molecule has 9 heteroatoms. The molecule has 0 N–H and O–H groups in total. The van der Waals surface area contributed by atoms with Gasteiger partial charge in [0, 0.05) is 20.6 Å². The van der Waals surface area contributed by atoms with Crippen LogP contribution in [-0.2, 0) is 14.1 Å². The van der Waals surface area contributed by atoms with Crippen molar-refractivity contribution >= 4 is 11.2 Å². The smallest absolute Gasteiger partial charge is 0.336 e. The van der Waals surface area contributed by atoms with Gasteiger partial charge < -0.3 is 9.64 Å². The molecule has 1 saturated heterocycles. The maximum absolute atomic E-state index is 12.1. The second-order valence-corrected chi connectivity index (χ2v) is 6.08. The first kappa shape index (κ1) is 16.6. The van der Waals surface area contributed by atoms with Gasteiger partial charge in [0.2, 0.25) is 0 Å². The van der Waals surface area contributed by atoms with Crippen molar-refractivity contribution in [2.75, 3.05) is 26.2 Å². The monoisotopic (exact) mass is 334 g/mol. The number of ether oxygens (including phenoxy) is 1. The Morgan fingerprint density at radius 1 is 1.04 bits per heavy atom. The van der Waals surface area contributed by atoms with Gasteiger partial charge >= 0.3 is 11.7 Å². The second-order valence-electron chi connectivity index (χ2n) is 6.08. The van der Waals surface area contributed by atoms with E-state index < -0.39 is 11.2 Å². The maximum atomic E-state index is 12.1. The van der Waals surface area contributed by atoms with E-state index in [4.69, 9.17) is 4.74 Å². The molecule has 9 nitrogen and oxygen atoms in total. The molecule has 0 bridgehead atoms. The van der Waals surface area contributed by atoms with Crippen molar-refractivity contribution in [3.63, 3.8) is 0 Å². The summed E-state index contributed by atoms with van der Waals surface area (Å²) in [6.45, 7) is 3.75. The first-order valence-corrected chi connectivity index (χ1v) is 8.23. The van der Waals surface area contributed by atoms with Crippen LogP contribution in [0.1, 0.15) is 25.7 Å². The van der Waals surface area contributed by atoms with Crippen molar-refractivity contribution in [2.24, 2.45) is 14.1 Å². The lowest BCUT2D eigenvalue weighted by Gasteiger charge is -2.26. The summed E-state index contributed by atoms with van der Waals surface area (Å²) in [7, 11) is 2.94. The molecular weight excluding hydrogens is 312 g/mol. The van der Waals surface area contributed by atoms with Gasteiger partial charge in [-0.15, -0.1) is 5.10 Å². The van der Waals surface area contributed by atoms with Crippen molar-refractivity contribution < 1.29 is 4.74 Å². The van der Waals surface area contributed by atoms with Gasteiger partial charge in [0.15, 0.2) is 11.2 Å². The molecule has 0 atom stereocenters. The molecule has 130 valence electrons. The van der Waals surface area contributed by atoms with E-state index in [2.05, 4.69) is 20.1 Å². The molecule has 0 unspecified atom stereocenters. The Bertz CT molecular complexity index is 837. The Labute approximate surface area is 138 Å². The molecule has 2 aromatic heterocycles. The maximum Gasteiger partial charge on any atom is 0.336 e. The SMILES string of the molecule is Cn1c(=O)c2nc(OCCCN3CCCCC3)nnc2n(C)c1=O. The van der Waals surface area contributed by atoms with Gasteiger partial charge in [0.05, 0.1) is 6.61 Å². The standard InChI is InChI=1S/C15H22N6O3/c1-19-12-11(13(22)20(2)15(19)23)16-14(18-17-12)24-10-6-9-21-7-4-3-5-8-21/h3-10H2,1-2H3. The summed E-state index contributed by atoms with van der Waals surface area (Å²) < 4.78 is 7.77. The fourth-order valence-electron chi connectivity index (χ4n) is 2.93. The van der Waals surface area contributed by atoms with Crippen molar-refractivity contribution in [1.29, 1.82) is 0 Å². The summed E-state index contributed by atoms with van der Waals surface area (Å²) in [6, 6.07) is 0.0666. The van der Waals surface area contributed by atoms with Crippen LogP contribution >= 0.6 is 0 Å². The van der Waals surface area contributed by atoms with Crippen LogP contribution in [-0.4, -0.2) is 55.5 Å². The second kappa shape index (κ2) is 7.08. The van der Waals surface area contributed by atoms with E-state index in [-0.39, 0.29) is 17.2 Å². The fourth-order valence-corrected chi connectivity index (χ4v) is 2.93. The van der Waals surface area contributed by atoms with Gasteiger partial charge in [0.25, 0.3) is 5.56 Å². The Balaban J connectivity index is 1.67. The molecule has 0 radical (unpaired) electrons. The van der Waals surface area contributed by atoms with E-state index in [1.54, 1.807) is 0 Å². The summed E-state index contributed by atoms with van der Waals surface area (Å²) in [4.78, 5) is 30.5. The third-order valence-corrected chi connectivity index (χ3v) is 4.35. The Morgan fingerprint density at radius 3 is 2.54 bits per heavy atom. The molecular formula is C15H22N6O3. The highest BCUT2D eigenvalue weighted by molar-refractivity contribution is 5.67. The normalized spacial score (nSPS) is 15.8. The van der Waals surface area contributed by atoms with Gasteiger partial charge in [-0.2, -0.15) is 4.98 Å². The van der Waals surface area contributed by atoms with Crippen LogP contribution in [0.25, 0.3) is 11.2 Å². The molecule has 1 fully saturated rings. The molecule has 0 amide bonds. The number of fused-ring (bicyclic) bond motifs is 1. The minimum atomic E-state index is -0.499. The lowest BCUT2D eigenvalue weighted by Crippen LogP contribution is -2.38. The summed E-state index contributed by atoms with van der Waals surface area (Å²) in [5.41, 5.74) is -0.718. The number of nitrogens with zero attached hydrogens (tertiary/aromatic N) is 6. The summed E-state index contributed by atoms with van der Waals surface area (Å²) >= 11 is 0. The molecule has 0 aromatic carbocycles. The van der Waals surface area contributed by atoms with Crippen LogP contribution in [0.2, 0.25) is 0 Å². The number of hydrogen-bond donors (Lipinski definition) is 0.